The molecule has 4 nitrogen and oxygen atoms in total. The van der Waals surface area contributed by atoms with Crippen LogP contribution in [0.4, 0.5) is 0 Å². The molecular formula is C17H20O4S. The number of hydrogen-bond acceptors (Lipinski definition) is 4. The third-order valence-corrected chi connectivity index (χ3v) is 6.11. The molecule has 0 aromatic heterocycles. The Kier molecular flexibility index (Phi) is 3.96. The quantitative estimate of drug-likeness (QED) is 0.888. The number of aromatic hydroxyl groups is 2. The van der Waals surface area contributed by atoms with Crippen molar-refractivity contribution < 1.29 is 18.6 Å². The number of phenolic OH excluding ortho intramolecular Hbond substituents is 2. The largest absolute Gasteiger partial charge is 0.506 e. The molecule has 0 aliphatic rings. The Morgan fingerprint density at radius 2 is 1.23 bits per heavy atom. The maximum Gasteiger partial charge on any atom is 0.214 e. The van der Waals surface area contributed by atoms with Crippen LogP contribution in [0.25, 0.3) is 0 Å². The Bertz CT molecular complexity index is 839. The van der Waals surface area contributed by atoms with Gasteiger partial charge < -0.3 is 10.2 Å². The standard InChI is InChI=1S/C17H20O4S/c1-9-6-7-10(2)16(14(9)18)22(20,21)17-13(5)11(3)8-12(4)15(17)19/h6-8,18-19H,1-5H3. The first-order valence-electron chi connectivity index (χ1n) is 6.93. The maximum atomic E-state index is 13.1. The molecule has 2 rings (SSSR count). The first kappa shape index (κ1) is 16.4. The van der Waals surface area contributed by atoms with Crippen molar-refractivity contribution in [3.8, 4) is 11.5 Å². The van der Waals surface area contributed by atoms with Crippen LogP contribution in [0.1, 0.15) is 27.8 Å². The second kappa shape index (κ2) is 5.32. The summed E-state index contributed by atoms with van der Waals surface area (Å²) in [5.74, 6) is -0.527. The zero-order valence-electron chi connectivity index (χ0n) is 13.4. The number of aryl methyl sites for hydroxylation is 4. The van der Waals surface area contributed by atoms with E-state index in [1.54, 1.807) is 52.8 Å². The van der Waals surface area contributed by atoms with Gasteiger partial charge in [-0.3, -0.25) is 0 Å². The fourth-order valence-electron chi connectivity index (χ4n) is 2.58. The lowest BCUT2D eigenvalue weighted by atomic mass is 10.1. The van der Waals surface area contributed by atoms with Crippen molar-refractivity contribution >= 4 is 9.84 Å². The predicted octanol–water partition coefficient (Wildman–Crippen LogP) is 3.47. The molecule has 0 fully saturated rings. The molecular weight excluding hydrogens is 300 g/mol. The van der Waals surface area contributed by atoms with Gasteiger partial charge in [-0.25, -0.2) is 8.42 Å². The minimum absolute atomic E-state index is 0.131. The molecule has 0 radical (unpaired) electrons. The van der Waals surface area contributed by atoms with Crippen molar-refractivity contribution in [1.82, 2.24) is 0 Å². The van der Waals surface area contributed by atoms with Gasteiger partial charge in [0.15, 0.2) is 0 Å². The van der Waals surface area contributed by atoms with Crippen LogP contribution in [-0.4, -0.2) is 18.6 Å². The van der Waals surface area contributed by atoms with E-state index in [9.17, 15) is 18.6 Å². The van der Waals surface area contributed by atoms with Crippen molar-refractivity contribution in [3.05, 3.63) is 46.0 Å². The van der Waals surface area contributed by atoms with Gasteiger partial charge in [0.2, 0.25) is 9.84 Å². The average molecular weight is 320 g/mol. The molecule has 0 aliphatic heterocycles. The summed E-state index contributed by atoms with van der Waals surface area (Å²) >= 11 is 0. The van der Waals surface area contributed by atoms with Gasteiger partial charge in [0.1, 0.15) is 21.3 Å². The summed E-state index contributed by atoms with van der Waals surface area (Å²) in [6, 6.07) is 5.06. The van der Waals surface area contributed by atoms with Gasteiger partial charge in [-0.05, 0) is 62.4 Å². The monoisotopic (exact) mass is 320 g/mol. The molecule has 0 amide bonds. The lowest BCUT2D eigenvalue weighted by Crippen LogP contribution is -2.09. The molecule has 2 N–H and O–H groups in total. The zero-order valence-corrected chi connectivity index (χ0v) is 14.2. The summed E-state index contributed by atoms with van der Waals surface area (Å²) in [5.41, 5.74) is 2.68. The summed E-state index contributed by atoms with van der Waals surface area (Å²) in [5, 5.41) is 20.5. The molecule has 2 aromatic rings. The molecule has 22 heavy (non-hydrogen) atoms. The molecule has 0 spiro atoms. The van der Waals surface area contributed by atoms with E-state index in [1.165, 1.54) is 0 Å². The van der Waals surface area contributed by atoms with Crippen LogP contribution in [0.15, 0.2) is 28.0 Å². The summed E-state index contributed by atoms with van der Waals surface area (Å²) in [6.45, 7) is 8.38. The normalized spacial score (nSPS) is 11.7. The van der Waals surface area contributed by atoms with E-state index in [0.717, 1.165) is 5.56 Å². The smallest absolute Gasteiger partial charge is 0.214 e. The first-order chi connectivity index (χ1) is 10.1. The zero-order chi connectivity index (χ0) is 16.8. The Balaban J connectivity index is 2.93. The van der Waals surface area contributed by atoms with Crippen LogP contribution in [-0.2, 0) is 9.84 Å². The minimum Gasteiger partial charge on any atom is -0.506 e. The number of phenols is 2. The fraction of sp³-hybridized carbons (Fsp3) is 0.294. The Labute approximate surface area is 131 Å². The van der Waals surface area contributed by atoms with Crippen molar-refractivity contribution in [2.75, 3.05) is 0 Å². The van der Waals surface area contributed by atoms with Crippen LogP contribution in [0.5, 0.6) is 11.5 Å². The molecule has 0 heterocycles. The van der Waals surface area contributed by atoms with Crippen LogP contribution in [0.2, 0.25) is 0 Å². The number of sulfone groups is 1. The van der Waals surface area contributed by atoms with Crippen molar-refractivity contribution in [1.29, 1.82) is 0 Å². The van der Waals surface area contributed by atoms with Crippen molar-refractivity contribution in [2.45, 2.75) is 44.4 Å². The van der Waals surface area contributed by atoms with Gasteiger partial charge in [-0.15, -0.1) is 0 Å². The van der Waals surface area contributed by atoms with Gasteiger partial charge in [0, 0.05) is 0 Å². The summed E-state index contributed by atoms with van der Waals surface area (Å²) in [6.07, 6.45) is 0. The molecule has 0 saturated carbocycles. The number of rotatable bonds is 2. The van der Waals surface area contributed by atoms with E-state index in [4.69, 9.17) is 0 Å². The fourth-order valence-corrected chi connectivity index (χ4v) is 4.67. The topological polar surface area (TPSA) is 74.6 Å². The highest BCUT2D eigenvalue weighted by molar-refractivity contribution is 7.91. The van der Waals surface area contributed by atoms with E-state index >= 15 is 0 Å². The van der Waals surface area contributed by atoms with Gasteiger partial charge in [0.05, 0.1) is 0 Å². The second-order valence-corrected chi connectivity index (χ2v) is 7.52. The Morgan fingerprint density at radius 3 is 1.82 bits per heavy atom. The van der Waals surface area contributed by atoms with E-state index in [1.807, 2.05) is 0 Å². The van der Waals surface area contributed by atoms with E-state index in [0.29, 0.717) is 22.3 Å². The third kappa shape index (κ3) is 2.35. The SMILES string of the molecule is Cc1cc(C)c(O)c(S(=O)(=O)c2c(C)ccc(C)c2O)c1C. The summed E-state index contributed by atoms with van der Waals surface area (Å²) < 4.78 is 26.1. The van der Waals surface area contributed by atoms with Crippen LogP contribution in [0.3, 0.4) is 0 Å². The molecule has 0 bridgehead atoms. The van der Waals surface area contributed by atoms with E-state index in [-0.39, 0.29) is 21.3 Å². The van der Waals surface area contributed by atoms with Gasteiger partial charge in [-0.2, -0.15) is 0 Å². The molecule has 0 atom stereocenters. The Morgan fingerprint density at radius 1 is 0.727 bits per heavy atom. The Hall–Kier alpha value is -2.01. The molecule has 5 heteroatoms. The molecule has 0 aliphatic carbocycles. The maximum absolute atomic E-state index is 13.1. The van der Waals surface area contributed by atoms with Crippen LogP contribution < -0.4 is 0 Å². The predicted molar refractivity (Wildman–Crippen MR) is 85.4 cm³/mol. The highest BCUT2D eigenvalue weighted by Gasteiger charge is 2.30. The average Bonchev–Trinajstić information content (AvgIpc) is 2.41. The highest BCUT2D eigenvalue weighted by Crippen LogP contribution is 2.40. The van der Waals surface area contributed by atoms with Crippen molar-refractivity contribution in [3.63, 3.8) is 0 Å². The van der Waals surface area contributed by atoms with Gasteiger partial charge in [-0.1, -0.05) is 18.2 Å². The summed E-state index contributed by atoms with van der Waals surface area (Å²) in [7, 11) is -4.03. The molecule has 118 valence electrons. The van der Waals surface area contributed by atoms with Crippen molar-refractivity contribution in [2.24, 2.45) is 0 Å². The lowest BCUT2D eigenvalue weighted by molar-refractivity contribution is 0.447. The minimum atomic E-state index is -4.03. The molecule has 0 unspecified atom stereocenters. The van der Waals surface area contributed by atoms with E-state index < -0.39 is 9.84 Å². The summed E-state index contributed by atoms with van der Waals surface area (Å²) in [4.78, 5) is -0.273. The molecule has 0 saturated heterocycles. The third-order valence-electron chi connectivity index (χ3n) is 4.02. The second-order valence-electron chi connectivity index (χ2n) is 5.69. The number of benzene rings is 2. The van der Waals surface area contributed by atoms with Gasteiger partial charge >= 0.3 is 0 Å². The van der Waals surface area contributed by atoms with Gasteiger partial charge in [0.25, 0.3) is 0 Å². The lowest BCUT2D eigenvalue weighted by Gasteiger charge is -2.17. The first-order valence-corrected chi connectivity index (χ1v) is 8.41. The van der Waals surface area contributed by atoms with Crippen LogP contribution >= 0.6 is 0 Å². The number of hydrogen-bond donors (Lipinski definition) is 2. The highest BCUT2D eigenvalue weighted by atomic mass is 32.2. The molecule has 2 aromatic carbocycles. The van der Waals surface area contributed by atoms with E-state index in [2.05, 4.69) is 0 Å². The van der Waals surface area contributed by atoms with Crippen LogP contribution in [0, 0.1) is 34.6 Å².